The summed E-state index contributed by atoms with van der Waals surface area (Å²) < 4.78 is 28.8. The van der Waals surface area contributed by atoms with Crippen LogP contribution < -0.4 is 0 Å². The first-order chi connectivity index (χ1) is 35.7. The molecule has 0 atom stereocenters. The second kappa shape index (κ2) is 19.7. The molecule has 4 aromatic heterocycles. The van der Waals surface area contributed by atoms with Crippen LogP contribution in [0.1, 0.15) is 22.3 Å². The van der Waals surface area contributed by atoms with E-state index in [-0.39, 0.29) is 0 Å². The van der Waals surface area contributed by atoms with Crippen molar-refractivity contribution in [3.63, 3.8) is 0 Å². The first-order valence-corrected chi connectivity index (χ1v) is 25.7. The van der Waals surface area contributed by atoms with E-state index in [0.29, 0.717) is 47.1 Å². The predicted octanol–water partition coefficient (Wildman–Crippen LogP) is 16.0. The van der Waals surface area contributed by atoms with Crippen LogP contribution in [-0.2, 0) is 5.41 Å². The molecule has 4 heterocycles. The van der Waals surface area contributed by atoms with Crippen LogP contribution >= 0.6 is 63.7 Å². The maximum atomic E-state index is 6.24. The molecule has 73 heavy (non-hydrogen) atoms. The van der Waals surface area contributed by atoms with Gasteiger partial charge in [-0.1, -0.05) is 112 Å². The van der Waals surface area contributed by atoms with Crippen LogP contribution in [0.3, 0.4) is 0 Å². The highest BCUT2D eigenvalue weighted by atomic mass is 79.9. The maximum Gasteiger partial charge on any atom is 0.248 e. The van der Waals surface area contributed by atoms with Gasteiger partial charge in [-0.25, -0.2) is 0 Å². The van der Waals surface area contributed by atoms with E-state index in [2.05, 4.69) is 153 Å². The van der Waals surface area contributed by atoms with E-state index in [4.69, 9.17) is 17.7 Å². The summed E-state index contributed by atoms with van der Waals surface area (Å²) in [6, 6.07) is 63.8. The van der Waals surface area contributed by atoms with E-state index in [1.165, 1.54) is 0 Å². The summed E-state index contributed by atoms with van der Waals surface area (Å²) in [7, 11) is 0. The highest BCUT2D eigenvalue weighted by molar-refractivity contribution is 9.11. The molecule has 12 rings (SSSR count). The fourth-order valence-electron chi connectivity index (χ4n) is 8.65. The fourth-order valence-corrected chi connectivity index (χ4v) is 9.70. The lowest BCUT2D eigenvalue weighted by atomic mass is 9.65. The Morgan fingerprint density at radius 1 is 0.205 bits per heavy atom. The summed E-state index contributed by atoms with van der Waals surface area (Å²) in [5, 5.41) is 35.3. The Balaban J connectivity index is 0.988. The van der Waals surface area contributed by atoms with Gasteiger partial charge >= 0.3 is 0 Å². The Hall–Kier alpha value is -7.76. The normalized spacial score (nSPS) is 11.6. The Morgan fingerprint density at radius 3 is 0.493 bits per heavy atom. The average molecular weight is 1210 g/mol. The van der Waals surface area contributed by atoms with Crippen LogP contribution in [0.15, 0.2) is 230 Å². The third-order valence-electron chi connectivity index (χ3n) is 12.3. The van der Waals surface area contributed by atoms with Gasteiger partial charge in [0.05, 0.1) is 5.41 Å². The largest absolute Gasteiger partial charge is 0.416 e. The molecule has 0 bridgehead atoms. The zero-order valence-electron chi connectivity index (χ0n) is 37.7. The van der Waals surface area contributed by atoms with Crippen molar-refractivity contribution in [2.75, 3.05) is 0 Å². The lowest BCUT2D eigenvalue weighted by Crippen LogP contribution is -2.31. The quantitative estimate of drug-likeness (QED) is 0.107. The van der Waals surface area contributed by atoms with Crippen molar-refractivity contribution in [2.45, 2.75) is 5.41 Å². The SMILES string of the molecule is Brc1ccc(-c2nnc(-c3ccc(C(c4ccc(-c5nnc(-c6ccc(Br)cc6)o5)cc4)(c4ccc(-c5nnc(-c6ccc(Br)cc6)o5)cc4)c4ccc(-c5nnc(-c6ccc(Br)cc6)o5)cc4)cc3)o2)cc1. The Morgan fingerprint density at radius 2 is 0.342 bits per heavy atom. The van der Waals surface area contributed by atoms with Crippen molar-refractivity contribution in [3.8, 4) is 91.6 Å². The van der Waals surface area contributed by atoms with Crippen LogP contribution in [0.5, 0.6) is 0 Å². The number of halogens is 4. The van der Waals surface area contributed by atoms with Gasteiger partial charge in [-0.3, -0.25) is 0 Å². The number of nitrogens with zero attached hydrogens (tertiary/aromatic N) is 8. The molecule has 0 aliphatic carbocycles. The maximum absolute atomic E-state index is 6.24. The van der Waals surface area contributed by atoms with E-state index in [0.717, 1.165) is 84.7 Å². The topological polar surface area (TPSA) is 156 Å². The second-order valence-electron chi connectivity index (χ2n) is 16.7. The van der Waals surface area contributed by atoms with Crippen molar-refractivity contribution in [1.29, 1.82) is 0 Å². The summed E-state index contributed by atoms with van der Waals surface area (Å²) in [5.74, 6) is 3.23. The fraction of sp³-hybridized carbons (Fsp3) is 0.0175. The Bertz CT molecular complexity index is 3350. The summed E-state index contributed by atoms with van der Waals surface area (Å²) in [6.45, 7) is 0. The minimum Gasteiger partial charge on any atom is -0.416 e. The monoisotopic (exact) mass is 1210 g/mol. The molecule has 0 radical (unpaired) electrons. The van der Waals surface area contributed by atoms with Crippen molar-refractivity contribution in [3.05, 3.63) is 234 Å². The third kappa shape index (κ3) is 9.23. The first-order valence-electron chi connectivity index (χ1n) is 22.5. The van der Waals surface area contributed by atoms with Crippen LogP contribution in [0.4, 0.5) is 0 Å². The van der Waals surface area contributed by atoms with E-state index in [1.54, 1.807) is 0 Å². The van der Waals surface area contributed by atoms with Crippen molar-refractivity contribution >= 4 is 63.7 Å². The summed E-state index contributed by atoms with van der Waals surface area (Å²) in [5.41, 5.74) is 9.08. The van der Waals surface area contributed by atoms with Gasteiger partial charge in [0.1, 0.15) is 0 Å². The molecule has 8 aromatic carbocycles. The zero-order valence-corrected chi connectivity index (χ0v) is 44.0. The number of aromatic nitrogens is 8. The lowest BCUT2D eigenvalue weighted by molar-refractivity contribution is 0.584. The third-order valence-corrected chi connectivity index (χ3v) is 14.4. The molecule has 0 aliphatic rings. The lowest BCUT2D eigenvalue weighted by Gasteiger charge is -2.37. The van der Waals surface area contributed by atoms with Gasteiger partial charge in [0.2, 0.25) is 47.1 Å². The molecular formula is C57H32Br4N8O4. The van der Waals surface area contributed by atoms with Crippen LogP contribution in [0, 0.1) is 0 Å². The molecule has 352 valence electrons. The molecular weight excluding hydrogens is 1180 g/mol. The zero-order chi connectivity index (χ0) is 49.5. The molecule has 0 spiro atoms. The smallest absolute Gasteiger partial charge is 0.248 e. The van der Waals surface area contributed by atoms with Gasteiger partial charge in [-0.2, -0.15) is 0 Å². The average Bonchev–Trinajstić information content (AvgIpc) is 4.30. The highest BCUT2D eigenvalue weighted by Crippen LogP contribution is 2.47. The van der Waals surface area contributed by atoms with Gasteiger partial charge < -0.3 is 17.7 Å². The highest BCUT2D eigenvalue weighted by Gasteiger charge is 2.39. The summed E-state index contributed by atoms with van der Waals surface area (Å²) >= 11 is 14.0. The van der Waals surface area contributed by atoms with Crippen LogP contribution in [-0.4, -0.2) is 40.8 Å². The number of hydrogen-bond donors (Lipinski definition) is 0. The first kappa shape index (κ1) is 46.3. The Kier molecular flexibility index (Phi) is 12.5. The molecule has 0 N–H and O–H groups in total. The number of benzene rings is 8. The Labute approximate surface area is 450 Å². The van der Waals surface area contributed by atoms with Gasteiger partial charge in [-0.15, -0.1) is 40.8 Å². The molecule has 16 heteroatoms. The van der Waals surface area contributed by atoms with Gasteiger partial charge in [0, 0.05) is 62.4 Å². The molecule has 0 fully saturated rings. The summed E-state index contributed by atoms with van der Waals surface area (Å²) in [4.78, 5) is 0. The van der Waals surface area contributed by atoms with Crippen molar-refractivity contribution in [1.82, 2.24) is 40.8 Å². The van der Waals surface area contributed by atoms with E-state index in [9.17, 15) is 0 Å². The molecule has 0 saturated heterocycles. The van der Waals surface area contributed by atoms with E-state index < -0.39 is 5.41 Å². The minimum absolute atomic E-state index is 0.388. The standard InChI is InChI=1S/C57H32Br4N8O4/c58-45-25-9-37(10-26-45)53-66-62-49(70-53)33-1-17-41(18-2-33)57(42-19-3-34(4-20-42)50-63-67-54(71-50)38-11-27-46(59)28-12-38,43-21-5-35(6-22-43)51-64-68-55(72-51)39-13-29-47(60)30-14-39)44-23-7-36(8-24-44)52-65-69-56(73-52)40-15-31-48(61)32-16-40/h1-32H. The van der Waals surface area contributed by atoms with Crippen molar-refractivity contribution in [2.24, 2.45) is 0 Å². The molecule has 12 nitrogen and oxygen atoms in total. The minimum atomic E-state index is -0.960. The molecule has 0 aliphatic heterocycles. The van der Waals surface area contributed by atoms with E-state index in [1.807, 2.05) is 146 Å². The van der Waals surface area contributed by atoms with Gasteiger partial charge in [0.25, 0.3) is 0 Å². The molecule has 0 amide bonds. The van der Waals surface area contributed by atoms with Crippen molar-refractivity contribution < 1.29 is 17.7 Å². The van der Waals surface area contributed by atoms with Gasteiger partial charge in [-0.05, 0) is 168 Å². The second-order valence-corrected chi connectivity index (χ2v) is 20.4. The molecule has 0 unspecified atom stereocenters. The molecule has 12 aromatic rings. The van der Waals surface area contributed by atoms with Crippen LogP contribution in [0.25, 0.3) is 91.6 Å². The van der Waals surface area contributed by atoms with Gasteiger partial charge in [0.15, 0.2) is 0 Å². The van der Waals surface area contributed by atoms with E-state index >= 15 is 0 Å². The summed E-state index contributed by atoms with van der Waals surface area (Å²) in [6.07, 6.45) is 0. The number of hydrogen-bond acceptors (Lipinski definition) is 12. The van der Waals surface area contributed by atoms with Crippen LogP contribution in [0.2, 0.25) is 0 Å². The predicted molar refractivity (Wildman–Crippen MR) is 290 cm³/mol. The number of rotatable bonds is 12. The molecule has 0 saturated carbocycles.